The molecule has 1 radical (unpaired) electrons. The molecule has 0 atom stereocenters. The summed E-state index contributed by atoms with van der Waals surface area (Å²) in [6.07, 6.45) is 1.95. The summed E-state index contributed by atoms with van der Waals surface area (Å²) in [5.74, 6) is 0. The fraction of sp³-hybridized carbons (Fsp3) is 0.429. The molecule has 1 aromatic heterocycles. The van der Waals surface area contributed by atoms with Crippen LogP contribution in [0.15, 0.2) is 6.20 Å². The molecule has 0 aromatic carbocycles. The van der Waals surface area contributed by atoms with Crippen LogP contribution in [0.25, 0.3) is 0 Å². The van der Waals surface area contributed by atoms with Crippen LogP contribution in [0.4, 0.5) is 0 Å². The van der Waals surface area contributed by atoms with E-state index < -0.39 is 0 Å². The number of rotatable bonds is 0. The number of hydrogen-bond donors (Lipinski definition) is 0. The second-order valence-corrected chi connectivity index (χ2v) is 2.09. The van der Waals surface area contributed by atoms with E-state index in [-0.39, 0.29) is 0 Å². The van der Waals surface area contributed by atoms with Gasteiger partial charge in [0, 0.05) is 25.0 Å². The fourth-order valence-electron chi connectivity index (χ4n) is 0.659. The van der Waals surface area contributed by atoms with Crippen molar-refractivity contribution in [3.05, 3.63) is 23.5 Å². The Hall–Kier alpha value is -0.720. The molecule has 43 valence electrons. The van der Waals surface area contributed by atoms with E-state index in [9.17, 15) is 0 Å². The summed E-state index contributed by atoms with van der Waals surface area (Å²) in [4.78, 5) is 0. The van der Waals surface area contributed by atoms with Gasteiger partial charge in [-0.2, -0.15) is 0 Å². The largest absolute Gasteiger partial charge is 0.354 e. The van der Waals surface area contributed by atoms with Crippen LogP contribution in [0.1, 0.15) is 11.3 Å². The molecule has 1 aromatic rings. The van der Waals surface area contributed by atoms with E-state index in [4.69, 9.17) is 0 Å². The zero-order valence-electron chi connectivity index (χ0n) is 5.52. The van der Waals surface area contributed by atoms with Crippen molar-refractivity contribution in [2.75, 3.05) is 0 Å². The van der Waals surface area contributed by atoms with Crippen molar-refractivity contribution in [3.63, 3.8) is 0 Å². The highest BCUT2D eigenvalue weighted by atomic mass is 14.9. The topological polar surface area (TPSA) is 4.93 Å². The lowest BCUT2D eigenvalue weighted by Gasteiger charge is -1.93. The van der Waals surface area contributed by atoms with Gasteiger partial charge in [-0.25, -0.2) is 0 Å². The van der Waals surface area contributed by atoms with Gasteiger partial charge in [-0.15, -0.1) is 0 Å². The van der Waals surface area contributed by atoms with Crippen molar-refractivity contribution >= 4 is 0 Å². The monoisotopic (exact) mass is 108 g/mol. The first-order valence-electron chi connectivity index (χ1n) is 2.72. The third-order valence-corrected chi connectivity index (χ3v) is 1.55. The molecule has 1 nitrogen and oxygen atoms in total. The minimum absolute atomic E-state index is 1.24. The molecule has 0 N–H and O–H groups in total. The molecular formula is C7H10N. The van der Waals surface area contributed by atoms with Crippen molar-refractivity contribution in [3.8, 4) is 0 Å². The van der Waals surface area contributed by atoms with Crippen LogP contribution in [-0.4, -0.2) is 4.57 Å². The van der Waals surface area contributed by atoms with Gasteiger partial charge >= 0.3 is 0 Å². The van der Waals surface area contributed by atoms with Gasteiger partial charge in [0.05, 0.1) is 0 Å². The second kappa shape index (κ2) is 1.66. The summed E-state index contributed by atoms with van der Waals surface area (Å²) in [6, 6.07) is 3.10. The third-order valence-electron chi connectivity index (χ3n) is 1.55. The van der Waals surface area contributed by atoms with E-state index in [1.807, 2.05) is 13.2 Å². The van der Waals surface area contributed by atoms with Crippen LogP contribution >= 0.6 is 0 Å². The molecule has 0 unspecified atom stereocenters. The minimum atomic E-state index is 1.24. The summed E-state index contributed by atoms with van der Waals surface area (Å²) in [5.41, 5.74) is 2.54. The van der Waals surface area contributed by atoms with Crippen LogP contribution in [-0.2, 0) is 7.05 Å². The van der Waals surface area contributed by atoms with Gasteiger partial charge < -0.3 is 4.57 Å². The summed E-state index contributed by atoms with van der Waals surface area (Å²) in [6.45, 7) is 4.15. The Morgan fingerprint density at radius 3 is 2.25 bits per heavy atom. The van der Waals surface area contributed by atoms with Crippen LogP contribution in [0, 0.1) is 19.9 Å². The average Bonchev–Trinajstić information content (AvgIpc) is 1.98. The highest BCUT2D eigenvalue weighted by molar-refractivity contribution is 5.16. The number of aromatic nitrogens is 1. The zero-order valence-corrected chi connectivity index (χ0v) is 5.52. The van der Waals surface area contributed by atoms with Gasteiger partial charge in [0.1, 0.15) is 0 Å². The van der Waals surface area contributed by atoms with E-state index in [1.165, 1.54) is 11.3 Å². The van der Waals surface area contributed by atoms with E-state index in [0.717, 1.165) is 0 Å². The molecule has 0 fully saturated rings. The maximum Gasteiger partial charge on any atom is 0.0176 e. The molecule has 0 aliphatic carbocycles. The van der Waals surface area contributed by atoms with Gasteiger partial charge in [-0.05, 0) is 19.4 Å². The van der Waals surface area contributed by atoms with Gasteiger partial charge in [0.2, 0.25) is 0 Å². The highest BCUT2D eigenvalue weighted by Gasteiger charge is 1.92. The van der Waals surface area contributed by atoms with Crippen LogP contribution < -0.4 is 0 Å². The molecule has 0 saturated heterocycles. The lowest BCUT2D eigenvalue weighted by molar-refractivity contribution is 0.877. The molecule has 0 saturated carbocycles. The number of aryl methyl sites for hydroxylation is 2. The van der Waals surface area contributed by atoms with E-state index in [2.05, 4.69) is 24.5 Å². The van der Waals surface area contributed by atoms with Gasteiger partial charge in [-0.1, -0.05) is 0 Å². The molecule has 0 bridgehead atoms. The number of hydrogen-bond acceptors (Lipinski definition) is 0. The lowest BCUT2D eigenvalue weighted by Crippen LogP contribution is -1.87. The second-order valence-electron chi connectivity index (χ2n) is 2.09. The first-order chi connectivity index (χ1) is 3.72. The maximum absolute atomic E-state index is 3.10. The standard InChI is InChI=1S/C7H10N/c1-6-4-5-8(3)7(6)2/h5H,1-3H3. The Morgan fingerprint density at radius 2 is 2.12 bits per heavy atom. The normalized spacial score (nSPS) is 9.88. The van der Waals surface area contributed by atoms with Crippen LogP contribution in [0.3, 0.4) is 0 Å². The smallest absolute Gasteiger partial charge is 0.0176 e. The first kappa shape index (κ1) is 5.42. The molecule has 8 heavy (non-hydrogen) atoms. The van der Waals surface area contributed by atoms with Crippen LogP contribution in [0.5, 0.6) is 0 Å². The Labute approximate surface area is 49.9 Å². The Kier molecular flexibility index (Phi) is 1.12. The first-order valence-corrected chi connectivity index (χ1v) is 2.72. The fourth-order valence-corrected chi connectivity index (χ4v) is 0.659. The Bertz CT molecular complexity index is 167. The van der Waals surface area contributed by atoms with Crippen molar-refractivity contribution in [1.82, 2.24) is 4.57 Å². The van der Waals surface area contributed by atoms with Crippen molar-refractivity contribution < 1.29 is 0 Å². The van der Waals surface area contributed by atoms with Gasteiger partial charge in [0.15, 0.2) is 0 Å². The van der Waals surface area contributed by atoms with Crippen LogP contribution in [0.2, 0.25) is 0 Å². The van der Waals surface area contributed by atoms with E-state index in [0.29, 0.717) is 0 Å². The molecular weight excluding hydrogens is 98.1 g/mol. The Balaban J connectivity index is 3.19. The van der Waals surface area contributed by atoms with E-state index in [1.54, 1.807) is 0 Å². The average molecular weight is 108 g/mol. The van der Waals surface area contributed by atoms with Crippen molar-refractivity contribution in [2.24, 2.45) is 7.05 Å². The molecule has 1 heteroatoms. The summed E-state index contributed by atoms with van der Waals surface area (Å²) in [7, 11) is 2.03. The number of nitrogens with zero attached hydrogens (tertiary/aromatic N) is 1. The van der Waals surface area contributed by atoms with Gasteiger partial charge in [0.25, 0.3) is 0 Å². The predicted octanol–water partition coefficient (Wildman–Crippen LogP) is 1.44. The quantitative estimate of drug-likeness (QED) is 0.474. The molecule has 0 spiro atoms. The van der Waals surface area contributed by atoms with Crippen molar-refractivity contribution in [1.29, 1.82) is 0 Å². The summed E-state index contributed by atoms with van der Waals surface area (Å²) >= 11 is 0. The highest BCUT2D eigenvalue weighted by Crippen LogP contribution is 2.03. The lowest BCUT2D eigenvalue weighted by atomic mass is 10.3. The zero-order chi connectivity index (χ0) is 6.15. The molecule has 0 amide bonds. The molecule has 0 aliphatic rings. The van der Waals surface area contributed by atoms with Gasteiger partial charge in [-0.3, -0.25) is 0 Å². The predicted molar refractivity (Wildman–Crippen MR) is 33.7 cm³/mol. The van der Waals surface area contributed by atoms with Crippen molar-refractivity contribution in [2.45, 2.75) is 13.8 Å². The molecule has 1 heterocycles. The van der Waals surface area contributed by atoms with E-state index >= 15 is 0 Å². The maximum atomic E-state index is 3.10. The SMILES string of the molecule is Cc1[c]cn(C)c1C. The minimum Gasteiger partial charge on any atom is -0.354 e. The summed E-state index contributed by atoms with van der Waals surface area (Å²) < 4.78 is 2.06. The summed E-state index contributed by atoms with van der Waals surface area (Å²) in [5, 5.41) is 0. The molecule has 0 aliphatic heterocycles. The Morgan fingerprint density at radius 1 is 1.50 bits per heavy atom. The molecule has 1 rings (SSSR count). The third kappa shape index (κ3) is 0.641.